The molecule has 0 aliphatic heterocycles. The minimum absolute atomic E-state index is 0.564. The third-order valence-electron chi connectivity index (χ3n) is 2.56. The van der Waals surface area contributed by atoms with Crippen molar-refractivity contribution >= 4 is 5.82 Å². The number of anilines is 1. The molecule has 2 aromatic rings. The molecule has 0 atom stereocenters. The van der Waals surface area contributed by atoms with Gasteiger partial charge in [0.15, 0.2) is 5.82 Å². The highest BCUT2D eigenvalue weighted by Gasteiger charge is 2.10. The van der Waals surface area contributed by atoms with E-state index in [4.69, 9.17) is 5.73 Å². The fourth-order valence-corrected chi connectivity index (χ4v) is 1.72. The average Bonchev–Trinajstić information content (AvgIpc) is 2.64. The van der Waals surface area contributed by atoms with Gasteiger partial charge in [0.25, 0.3) is 0 Å². The Morgan fingerprint density at radius 2 is 2.12 bits per heavy atom. The van der Waals surface area contributed by atoms with E-state index in [1.165, 1.54) is 0 Å². The van der Waals surface area contributed by atoms with Gasteiger partial charge in [-0.1, -0.05) is 6.92 Å². The number of aryl methyl sites for hydroxylation is 2. The number of hydrogen-bond acceptors (Lipinski definition) is 4. The molecule has 0 saturated heterocycles. The second-order valence-electron chi connectivity index (χ2n) is 3.75. The molecule has 0 aliphatic carbocycles. The van der Waals surface area contributed by atoms with Gasteiger partial charge in [-0.2, -0.15) is 5.10 Å². The highest BCUT2D eigenvalue weighted by molar-refractivity contribution is 5.57. The van der Waals surface area contributed by atoms with Crippen LogP contribution in [0.2, 0.25) is 0 Å². The van der Waals surface area contributed by atoms with Crippen molar-refractivity contribution in [2.24, 2.45) is 7.05 Å². The van der Waals surface area contributed by atoms with Gasteiger partial charge in [0.1, 0.15) is 5.82 Å². The highest BCUT2D eigenvalue weighted by Crippen LogP contribution is 2.19. The number of rotatable bonds is 2. The number of nitrogens with two attached hydrogens (primary N) is 1. The average molecular weight is 217 g/mol. The molecule has 0 fully saturated rings. The van der Waals surface area contributed by atoms with Crippen LogP contribution in [0, 0.1) is 6.92 Å². The molecule has 5 heteroatoms. The Morgan fingerprint density at radius 3 is 2.62 bits per heavy atom. The first-order valence-corrected chi connectivity index (χ1v) is 5.23. The number of nitrogen functional groups attached to an aromatic ring is 1. The van der Waals surface area contributed by atoms with E-state index in [0.29, 0.717) is 11.6 Å². The lowest BCUT2D eigenvalue weighted by molar-refractivity contribution is 0.768. The van der Waals surface area contributed by atoms with Gasteiger partial charge in [-0.3, -0.25) is 4.68 Å². The zero-order valence-corrected chi connectivity index (χ0v) is 9.73. The number of hydrogen-bond donors (Lipinski definition) is 1. The first-order valence-electron chi connectivity index (χ1n) is 5.23. The molecule has 16 heavy (non-hydrogen) atoms. The fourth-order valence-electron chi connectivity index (χ4n) is 1.72. The summed E-state index contributed by atoms with van der Waals surface area (Å²) in [5.41, 5.74) is 8.75. The van der Waals surface area contributed by atoms with E-state index in [2.05, 4.69) is 15.1 Å². The van der Waals surface area contributed by atoms with Crippen molar-refractivity contribution in [2.45, 2.75) is 20.3 Å². The molecule has 2 aromatic heterocycles. The van der Waals surface area contributed by atoms with Gasteiger partial charge < -0.3 is 5.73 Å². The van der Waals surface area contributed by atoms with Crippen molar-refractivity contribution in [3.8, 4) is 11.4 Å². The second-order valence-corrected chi connectivity index (χ2v) is 3.75. The van der Waals surface area contributed by atoms with Crippen molar-refractivity contribution in [3.63, 3.8) is 0 Å². The maximum absolute atomic E-state index is 5.90. The van der Waals surface area contributed by atoms with E-state index in [-0.39, 0.29) is 0 Å². The molecule has 0 amide bonds. The monoisotopic (exact) mass is 217 g/mol. The van der Waals surface area contributed by atoms with Gasteiger partial charge in [0.05, 0.1) is 11.8 Å². The van der Waals surface area contributed by atoms with Crippen LogP contribution >= 0.6 is 0 Å². The van der Waals surface area contributed by atoms with E-state index >= 15 is 0 Å². The summed E-state index contributed by atoms with van der Waals surface area (Å²) in [7, 11) is 1.86. The van der Waals surface area contributed by atoms with Crippen molar-refractivity contribution in [1.29, 1.82) is 0 Å². The SMILES string of the molecule is CCc1c(C)nc(-c2cnn(C)c2)nc1N. The maximum atomic E-state index is 5.90. The molecule has 2 N–H and O–H groups in total. The van der Waals surface area contributed by atoms with Gasteiger partial charge in [-0.25, -0.2) is 9.97 Å². The molecular weight excluding hydrogens is 202 g/mol. The van der Waals surface area contributed by atoms with Crippen molar-refractivity contribution in [1.82, 2.24) is 19.7 Å². The molecule has 0 unspecified atom stereocenters. The van der Waals surface area contributed by atoms with Crippen molar-refractivity contribution in [2.75, 3.05) is 5.73 Å². The summed E-state index contributed by atoms with van der Waals surface area (Å²) in [5, 5.41) is 4.09. The minimum atomic E-state index is 0.564. The standard InChI is InChI=1S/C11H15N5/c1-4-9-7(2)14-11(15-10(9)12)8-5-13-16(3)6-8/h5-6H,4H2,1-3H3,(H2,12,14,15). The zero-order valence-electron chi connectivity index (χ0n) is 9.73. The molecule has 0 spiro atoms. The molecule has 0 aliphatic rings. The lowest BCUT2D eigenvalue weighted by atomic mass is 10.1. The Hall–Kier alpha value is -1.91. The van der Waals surface area contributed by atoms with Crippen LogP contribution in [0.4, 0.5) is 5.82 Å². The smallest absolute Gasteiger partial charge is 0.164 e. The van der Waals surface area contributed by atoms with Crippen molar-refractivity contribution < 1.29 is 0 Å². The summed E-state index contributed by atoms with van der Waals surface area (Å²) in [6.45, 7) is 4.00. The van der Waals surface area contributed by atoms with E-state index in [0.717, 1.165) is 23.2 Å². The fraction of sp³-hybridized carbons (Fsp3) is 0.364. The van der Waals surface area contributed by atoms with Gasteiger partial charge in [0, 0.05) is 24.5 Å². The van der Waals surface area contributed by atoms with Crippen LogP contribution < -0.4 is 5.73 Å². The third-order valence-corrected chi connectivity index (χ3v) is 2.56. The van der Waals surface area contributed by atoms with Crippen LogP contribution in [0.25, 0.3) is 11.4 Å². The van der Waals surface area contributed by atoms with Crippen LogP contribution in [0.1, 0.15) is 18.2 Å². The van der Waals surface area contributed by atoms with Crippen LogP contribution in [0.3, 0.4) is 0 Å². The summed E-state index contributed by atoms with van der Waals surface area (Å²) in [5.74, 6) is 1.20. The van der Waals surface area contributed by atoms with Gasteiger partial charge in [-0.05, 0) is 13.3 Å². The topological polar surface area (TPSA) is 69.6 Å². The lowest BCUT2D eigenvalue weighted by Gasteiger charge is -2.07. The predicted octanol–water partition coefficient (Wildman–Crippen LogP) is 1.33. The Labute approximate surface area is 94.3 Å². The van der Waals surface area contributed by atoms with Crippen LogP contribution in [0.15, 0.2) is 12.4 Å². The van der Waals surface area contributed by atoms with Crippen LogP contribution in [-0.4, -0.2) is 19.7 Å². The molecule has 0 bridgehead atoms. The summed E-state index contributed by atoms with van der Waals surface area (Å²) < 4.78 is 1.72. The van der Waals surface area contributed by atoms with Gasteiger partial charge in [-0.15, -0.1) is 0 Å². The molecule has 84 valence electrons. The predicted molar refractivity (Wildman–Crippen MR) is 62.8 cm³/mol. The largest absolute Gasteiger partial charge is 0.383 e. The second kappa shape index (κ2) is 3.92. The molecule has 0 saturated carbocycles. The first kappa shape index (κ1) is 10.6. The molecule has 0 aromatic carbocycles. The molecule has 5 nitrogen and oxygen atoms in total. The summed E-state index contributed by atoms with van der Waals surface area (Å²) in [6.07, 6.45) is 4.46. The van der Waals surface area contributed by atoms with Crippen molar-refractivity contribution in [3.05, 3.63) is 23.7 Å². The Morgan fingerprint density at radius 1 is 1.38 bits per heavy atom. The molecular formula is C11H15N5. The Kier molecular flexibility index (Phi) is 2.60. The van der Waals surface area contributed by atoms with E-state index in [1.807, 2.05) is 27.1 Å². The van der Waals surface area contributed by atoms with Gasteiger partial charge >= 0.3 is 0 Å². The normalized spacial score (nSPS) is 10.7. The van der Waals surface area contributed by atoms with E-state index in [1.54, 1.807) is 10.9 Å². The number of aromatic nitrogens is 4. The van der Waals surface area contributed by atoms with E-state index in [9.17, 15) is 0 Å². The molecule has 0 radical (unpaired) electrons. The number of nitrogens with zero attached hydrogens (tertiary/aromatic N) is 4. The summed E-state index contributed by atoms with van der Waals surface area (Å²) in [4.78, 5) is 8.75. The third kappa shape index (κ3) is 1.76. The van der Waals surface area contributed by atoms with Crippen LogP contribution in [0.5, 0.6) is 0 Å². The Balaban J connectivity index is 2.52. The van der Waals surface area contributed by atoms with Gasteiger partial charge in [0.2, 0.25) is 0 Å². The zero-order chi connectivity index (χ0) is 11.7. The highest BCUT2D eigenvalue weighted by atomic mass is 15.2. The molecule has 2 heterocycles. The quantitative estimate of drug-likeness (QED) is 0.823. The Bertz CT molecular complexity index is 492. The maximum Gasteiger partial charge on any atom is 0.164 e. The lowest BCUT2D eigenvalue weighted by Crippen LogP contribution is -2.04. The first-order chi connectivity index (χ1) is 7.61. The summed E-state index contributed by atoms with van der Waals surface area (Å²) in [6, 6.07) is 0. The summed E-state index contributed by atoms with van der Waals surface area (Å²) >= 11 is 0. The molecule has 2 rings (SSSR count). The van der Waals surface area contributed by atoms with E-state index < -0.39 is 0 Å². The van der Waals surface area contributed by atoms with Crippen LogP contribution in [-0.2, 0) is 13.5 Å². The minimum Gasteiger partial charge on any atom is -0.383 e.